The molecule has 3 heterocycles. The van der Waals surface area contributed by atoms with Gasteiger partial charge in [0, 0.05) is 36.0 Å². The largest absolute Gasteiger partial charge is 0.463 e. The van der Waals surface area contributed by atoms with E-state index in [1.54, 1.807) is 25.1 Å². The van der Waals surface area contributed by atoms with Gasteiger partial charge in [-0.3, -0.25) is 24.7 Å². The number of aromatic amines is 1. The molecule has 0 aliphatic heterocycles. The van der Waals surface area contributed by atoms with Crippen molar-refractivity contribution in [2.45, 2.75) is 6.92 Å². The minimum absolute atomic E-state index is 0.0411. The third-order valence-electron chi connectivity index (χ3n) is 4.32. The van der Waals surface area contributed by atoms with Crippen molar-refractivity contribution in [2.24, 2.45) is 0 Å². The molecule has 1 aromatic carbocycles. The summed E-state index contributed by atoms with van der Waals surface area (Å²) >= 11 is 0. The molecule has 160 valence electrons. The van der Waals surface area contributed by atoms with Gasteiger partial charge in [-0.2, -0.15) is 9.78 Å². The summed E-state index contributed by atoms with van der Waals surface area (Å²) in [6, 6.07) is 12.1. The van der Waals surface area contributed by atoms with Crippen LogP contribution >= 0.6 is 0 Å². The summed E-state index contributed by atoms with van der Waals surface area (Å²) < 4.78 is 6.66. The Hall–Kier alpha value is -4.80. The van der Waals surface area contributed by atoms with Crippen molar-refractivity contribution in [3.05, 3.63) is 92.6 Å². The number of hydrogen-bond donors (Lipinski definition) is 2. The molecule has 3 aromatic heterocycles. The van der Waals surface area contributed by atoms with E-state index >= 15 is 0 Å². The molecule has 0 unspecified atom stereocenters. The van der Waals surface area contributed by atoms with Crippen molar-refractivity contribution in [3.8, 4) is 17.4 Å². The number of nitrogens with one attached hydrogen (secondary N) is 2. The second-order valence-electron chi connectivity index (χ2n) is 6.69. The van der Waals surface area contributed by atoms with Crippen LogP contribution in [-0.4, -0.2) is 30.6 Å². The van der Waals surface area contributed by atoms with Gasteiger partial charge in [-0.25, -0.2) is 4.98 Å². The summed E-state index contributed by atoms with van der Waals surface area (Å²) in [5.74, 6) is 0.368. The number of amides is 1. The van der Waals surface area contributed by atoms with Crippen LogP contribution in [0.3, 0.4) is 0 Å². The number of furan rings is 1. The van der Waals surface area contributed by atoms with E-state index in [9.17, 15) is 19.7 Å². The van der Waals surface area contributed by atoms with Crippen LogP contribution in [0.4, 0.5) is 11.5 Å². The van der Waals surface area contributed by atoms with Gasteiger partial charge in [0.1, 0.15) is 11.5 Å². The lowest BCUT2D eigenvalue weighted by Crippen LogP contribution is -2.17. The topological polar surface area (TPSA) is 149 Å². The number of H-pyrrole nitrogens is 1. The lowest BCUT2D eigenvalue weighted by molar-refractivity contribution is -0.384. The number of carbonyl (C=O) groups is 1. The zero-order valence-corrected chi connectivity index (χ0v) is 16.7. The van der Waals surface area contributed by atoms with E-state index in [0.29, 0.717) is 22.7 Å². The molecule has 0 radical (unpaired) electrons. The molecule has 0 bridgehead atoms. The first-order chi connectivity index (χ1) is 15.4. The molecule has 0 spiro atoms. The molecule has 4 rings (SSSR count). The molecular formula is C21H16N6O5. The number of nitrogens with zero attached hydrogens (tertiary/aromatic N) is 4. The van der Waals surface area contributed by atoms with Crippen LogP contribution in [0.1, 0.15) is 11.3 Å². The van der Waals surface area contributed by atoms with Crippen molar-refractivity contribution in [1.82, 2.24) is 19.7 Å². The van der Waals surface area contributed by atoms with Crippen molar-refractivity contribution in [2.75, 3.05) is 5.32 Å². The van der Waals surface area contributed by atoms with E-state index in [0.717, 1.165) is 0 Å². The van der Waals surface area contributed by atoms with Crippen LogP contribution in [0.2, 0.25) is 0 Å². The average Bonchev–Trinajstić information content (AvgIpc) is 3.42. The van der Waals surface area contributed by atoms with E-state index in [1.165, 1.54) is 53.4 Å². The van der Waals surface area contributed by atoms with Gasteiger partial charge in [0.15, 0.2) is 5.76 Å². The first-order valence-corrected chi connectivity index (χ1v) is 9.35. The monoisotopic (exact) mass is 432 g/mol. The van der Waals surface area contributed by atoms with Gasteiger partial charge < -0.3 is 9.73 Å². The van der Waals surface area contributed by atoms with Crippen LogP contribution in [0.15, 0.2) is 70.1 Å². The molecule has 11 nitrogen and oxygen atoms in total. The third-order valence-corrected chi connectivity index (χ3v) is 4.32. The Balaban J connectivity index is 1.62. The fourth-order valence-electron chi connectivity index (χ4n) is 2.89. The highest BCUT2D eigenvalue weighted by Gasteiger charge is 2.16. The van der Waals surface area contributed by atoms with Crippen molar-refractivity contribution < 1.29 is 14.1 Å². The summed E-state index contributed by atoms with van der Waals surface area (Å²) in [6.45, 7) is 1.67. The van der Waals surface area contributed by atoms with Gasteiger partial charge in [-0.1, -0.05) is 0 Å². The molecule has 32 heavy (non-hydrogen) atoms. The summed E-state index contributed by atoms with van der Waals surface area (Å²) in [6.07, 6.45) is 4.28. The second-order valence-corrected chi connectivity index (χ2v) is 6.69. The third kappa shape index (κ3) is 4.51. The first-order valence-electron chi connectivity index (χ1n) is 9.35. The number of aryl methyl sites for hydroxylation is 1. The Bertz CT molecular complexity index is 1370. The maximum Gasteiger partial charge on any atom is 0.269 e. The number of rotatable bonds is 6. The number of aromatic nitrogens is 4. The Morgan fingerprint density at radius 2 is 2.03 bits per heavy atom. The highest BCUT2D eigenvalue weighted by atomic mass is 16.6. The molecule has 1 amide bonds. The Morgan fingerprint density at radius 3 is 2.69 bits per heavy atom. The van der Waals surface area contributed by atoms with Crippen LogP contribution in [0.5, 0.6) is 0 Å². The summed E-state index contributed by atoms with van der Waals surface area (Å²) in [7, 11) is 0. The minimum atomic E-state index is -0.498. The smallest absolute Gasteiger partial charge is 0.269 e. The van der Waals surface area contributed by atoms with Gasteiger partial charge in [-0.15, -0.1) is 0 Å². The predicted octanol–water partition coefficient (Wildman–Crippen LogP) is 3.08. The molecule has 0 saturated carbocycles. The molecule has 0 aliphatic carbocycles. The second kappa shape index (κ2) is 8.52. The van der Waals surface area contributed by atoms with Gasteiger partial charge in [-0.05, 0) is 42.8 Å². The van der Waals surface area contributed by atoms with Crippen LogP contribution in [0.25, 0.3) is 23.5 Å². The maximum absolute atomic E-state index is 12.5. The highest BCUT2D eigenvalue weighted by Crippen LogP contribution is 2.24. The van der Waals surface area contributed by atoms with Gasteiger partial charge in [0.05, 0.1) is 11.2 Å². The van der Waals surface area contributed by atoms with Crippen molar-refractivity contribution in [1.29, 1.82) is 0 Å². The summed E-state index contributed by atoms with van der Waals surface area (Å²) in [5.41, 5.74) is 1.11. The highest BCUT2D eigenvalue weighted by molar-refractivity contribution is 6.01. The molecule has 0 fully saturated rings. The minimum Gasteiger partial charge on any atom is -0.463 e. The predicted molar refractivity (Wildman–Crippen MR) is 115 cm³/mol. The van der Waals surface area contributed by atoms with Crippen LogP contribution in [-0.2, 0) is 4.79 Å². The lowest BCUT2D eigenvalue weighted by Gasteiger charge is -2.06. The van der Waals surface area contributed by atoms with E-state index < -0.39 is 10.8 Å². The number of nitro benzene ring substituents is 1. The molecule has 0 aliphatic rings. The fourth-order valence-corrected chi connectivity index (χ4v) is 2.89. The van der Waals surface area contributed by atoms with E-state index in [4.69, 9.17) is 4.42 Å². The summed E-state index contributed by atoms with van der Waals surface area (Å²) in [4.78, 5) is 41.5. The molecule has 11 heteroatoms. The van der Waals surface area contributed by atoms with Crippen molar-refractivity contribution >= 4 is 23.5 Å². The molecule has 4 aromatic rings. The zero-order valence-electron chi connectivity index (χ0n) is 16.7. The number of nitro groups is 1. The van der Waals surface area contributed by atoms with Gasteiger partial charge >= 0.3 is 0 Å². The van der Waals surface area contributed by atoms with E-state index in [1.807, 2.05) is 0 Å². The first kappa shape index (κ1) is 20.5. The van der Waals surface area contributed by atoms with Crippen molar-refractivity contribution in [3.63, 3.8) is 0 Å². The van der Waals surface area contributed by atoms with Gasteiger partial charge in [0.25, 0.3) is 11.2 Å². The molecule has 0 atom stereocenters. The summed E-state index contributed by atoms with van der Waals surface area (Å²) in [5, 5.41) is 17.8. The number of hydrogen-bond acceptors (Lipinski definition) is 7. The average molecular weight is 432 g/mol. The van der Waals surface area contributed by atoms with Crippen LogP contribution in [0, 0.1) is 17.0 Å². The van der Waals surface area contributed by atoms with Crippen LogP contribution < -0.4 is 10.9 Å². The van der Waals surface area contributed by atoms with E-state index in [-0.39, 0.29) is 23.0 Å². The van der Waals surface area contributed by atoms with E-state index in [2.05, 4.69) is 20.4 Å². The molecule has 2 N–H and O–H groups in total. The normalized spacial score (nSPS) is 11.0. The Labute approximate surface area is 180 Å². The standard InChI is InChI=1S/C21H16N6O5/c1-13-11-20(29)24-21(22-13)26-18(12-16(25-26)17-3-2-10-32-17)23-19(28)9-6-14-4-7-15(8-5-14)27(30)31/h2-12H,1H3,(H,23,28)(H,22,24,29)/b9-6-. The number of non-ortho nitro benzene ring substituents is 1. The Morgan fingerprint density at radius 1 is 1.25 bits per heavy atom. The quantitative estimate of drug-likeness (QED) is 0.270. The number of anilines is 1. The number of benzene rings is 1. The number of carbonyl (C=O) groups excluding carboxylic acids is 1. The van der Waals surface area contributed by atoms with Gasteiger partial charge in [0.2, 0.25) is 11.9 Å². The fraction of sp³-hybridized carbons (Fsp3) is 0.0476. The SMILES string of the molecule is Cc1cc(=O)[nH]c(-n2nc(-c3ccco3)cc2NC(=O)/C=C\c2ccc([N+](=O)[O-])cc2)n1. The zero-order chi connectivity index (χ0) is 22.7. The molecule has 0 saturated heterocycles. The molecular weight excluding hydrogens is 416 g/mol. The lowest BCUT2D eigenvalue weighted by atomic mass is 10.2. The maximum atomic E-state index is 12.5. The Kier molecular flexibility index (Phi) is 5.45.